The molecule has 13 heavy (non-hydrogen) atoms. The van der Waals surface area contributed by atoms with E-state index in [1.807, 2.05) is 17.8 Å². The molecule has 1 aliphatic carbocycles. The Morgan fingerprint density at radius 3 is 2.23 bits per heavy atom. The second-order valence-corrected chi connectivity index (χ2v) is 3.79. The van der Waals surface area contributed by atoms with E-state index >= 15 is 0 Å². The van der Waals surface area contributed by atoms with E-state index in [4.69, 9.17) is 0 Å². The lowest BCUT2D eigenvalue weighted by atomic mass is 10.4. The van der Waals surface area contributed by atoms with E-state index in [1.165, 1.54) is 17.5 Å². The highest BCUT2D eigenvalue weighted by molar-refractivity contribution is 7.07. The van der Waals surface area contributed by atoms with Crippen LogP contribution in [0.2, 0.25) is 0 Å². The van der Waals surface area contributed by atoms with Gasteiger partial charge in [-0.15, -0.1) is 11.3 Å². The maximum absolute atomic E-state index is 3.94. The highest BCUT2D eigenvalue weighted by atomic mass is 32.1. The minimum absolute atomic E-state index is 1.11. The van der Waals surface area contributed by atoms with Gasteiger partial charge in [0.05, 0.1) is 5.51 Å². The van der Waals surface area contributed by atoms with Gasteiger partial charge in [0.15, 0.2) is 0 Å². The summed E-state index contributed by atoms with van der Waals surface area (Å²) in [6.45, 7) is 1.98. The summed E-state index contributed by atoms with van der Waals surface area (Å²) < 4.78 is 0. The zero-order chi connectivity index (χ0) is 9.10. The van der Waals surface area contributed by atoms with Gasteiger partial charge in [-0.3, -0.25) is 4.98 Å². The third kappa shape index (κ3) is 2.39. The molecule has 0 fully saturated rings. The van der Waals surface area contributed by atoms with Crippen LogP contribution >= 0.6 is 11.3 Å². The van der Waals surface area contributed by atoms with E-state index in [9.17, 15) is 0 Å². The van der Waals surface area contributed by atoms with Crippen LogP contribution in [0.1, 0.15) is 16.8 Å². The van der Waals surface area contributed by atoms with Crippen molar-refractivity contribution in [2.45, 2.75) is 13.3 Å². The zero-order valence-corrected chi connectivity index (χ0v) is 8.34. The van der Waals surface area contributed by atoms with Gasteiger partial charge in [0, 0.05) is 11.1 Å². The van der Waals surface area contributed by atoms with Gasteiger partial charge in [-0.05, 0) is 24.5 Å². The Morgan fingerprint density at radius 1 is 1.23 bits per heavy atom. The molecule has 0 radical (unpaired) electrons. The summed E-state index contributed by atoms with van der Waals surface area (Å²) in [6.07, 6.45) is 1.24. The largest absolute Gasteiger partial charge is 0.250 e. The molecule has 0 amide bonds. The normalized spacial score (nSPS) is 11.2. The van der Waals surface area contributed by atoms with Crippen LogP contribution < -0.4 is 0 Å². The van der Waals surface area contributed by atoms with Gasteiger partial charge in [-0.2, -0.15) is 0 Å². The van der Waals surface area contributed by atoms with Crippen molar-refractivity contribution in [1.82, 2.24) is 4.98 Å². The van der Waals surface area contributed by atoms with E-state index in [1.54, 1.807) is 11.3 Å². The number of aryl methyl sites for hydroxylation is 1. The van der Waals surface area contributed by atoms with Crippen molar-refractivity contribution in [2.75, 3.05) is 0 Å². The Hall–Kier alpha value is -1.15. The van der Waals surface area contributed by atoms with E-state index in [0.29, 0.717) is 0 Å². The second kappa shape index (κ2) is 3.71. The lowest BCUT2D eigenvalue weighted by Gasteiger charge is -1.69. The van der Waals surface area contributed by atoms with Crippen LogP contribution in [0.15, 0.2) is 35.2 Å². The topological polar surface area (TPSA) is 12.9 Å². The Morgan fingerprint density at radius 2 is 1.92 bits per heavy atom. The molecular weight excluding hydrogens is 178 g/mol. The zero-order valence-electron chi connectivity index (χ0n) is 7.53. The number of hydrogen-bond acceptors (Lipinski definition) is 2. The highest BCUT2D eigenvalue weighted by Gasteiger charge is 2.12. The van der Waals surface area contributed by atoms with Crippen molar-refractivity contribution in [3.63, 3.8) is 0 Å². The fourth-order valence-electron chi connectivity index (χ4n) is 1.11. The molecular formula is C11H11NS. The van der Waals surface area contributed by atoms with Crippen LogP contribution in [0.3, 0.4) is 0 Å². The van der Waals surface area contributed by atoms with Crippen LogP contribution in [-0.2, 0) is 6.42 Å². The summed E-state index contributed by atoms with van der Waals surface area (Å²) in [5, 5.41) is 2.01. The van der Waals surface area contributed by atoms with Gasteiger partial charge >= 0.3 is 0 Å². The first-order valence-corrected chi connectivity index (χ1v) is 5.22. The van der Waals surface area contributed by atoms with Crippen molar-refractivity contribution in [2.24, 2.45) is 0 Å². The summed E-state index contributed by atoms with van der Waals surface area (Å²) in [5.41, 5.74) is 6.00. The average Bonchev–Trinajstić information content (AvgIpc) is 2.80. The van der Waals surface area contributed by atoms with Crippen molar-refractivity contribution in [3.05, 3.63) is 52.0 Å². The molecule has 1 aromatic heterocycles. The molecule has 0 spiro atoms. The first-order chi connectivity index (χ1) is 6.36. The summed E-state index contributed by atoms with van der Waals surface area (Å²) in [7, 11) is 0. The average molecular weight is 189 g/mol. The molecule has 0 saturated carbocycles. The molecule has 0 N–H and O–H groups in total. The van der Waals surface area contributed by atoms with Gasteiger partial charge in [0.2, 0.25) is 0 Å². The SMILES string of the molecule is Cc1cscn1.c1ccc2c(c1)C2. The molecule has 0 bridgehead atoms. The van der Waals surface area contributed by atoms with Gasteiger partial charge in [-0.25, -0.2) is 0 Å². The first-order valence-electron chi connectivity index (χ1n) is 4.28. The van der Waals surface area contributed by atoms with Crippen LogP contribution in [0.5, 0.6) is 0 Å². The summed E-state index contributed by atoms with van der Waals surface area (Å²) in [5.74, 6) is 0. The monoisotopic (exact) mass is 189 g/mol. The molecule has 3 rings (SSSR count). The fraction of sp³-hybridized carbons (Fsp3) is 0.182. The van der Waals surface area contributed by atoms with Crippen molar-refractivity contribution in [1.29, 1.82) is 0 Å². The minimum atomic E-state index is 1.11. The van der Waals surface area contributed by atoms with Gasteiger partial charge < -0.3 is 0 Å². The Labute approximate surface area is 82.1 Å². The van der Waals surface area contributed by atoms with Gasteiger partial charge in [0.25, 0.3) is 0 Å². The lowest BCUT2D eigenvalue weighted by Crippen LogP contribution is -1.59. The van der Waals surface area contributed by atoms with E-state index in [2.05, 4.69) is 29.2 Å². The predicted octanol–water partition coefficient (Wildman–Crippen LogP) is 3.04. The molecule has 2 heteroatoms. The quantitative estimate of drug-likeness (QED) is 0.529. The number of thiazole rings is 1. The molecule has 1 aliphatic rings. The van der Waals surface area contributed by atoms with E-state index in [-0.39, 0.29) is 0 Å². The summed E-state index contributed by atoms with van der Waals surface area (Å²) in [6, 6.07) is 8.53. The fourth-order valence-corrected chi connectivity index (χ4v) is 1.66. The van der Waals surface area contributed by atoms with E-state index in [0.717, 1.165) is 5.69 Å². The predicted molar refractivity (Wildman–Crippen MR) is 56.1 cm³/mol. The summed E-state index contributed by atoms with van der Waals surface area (Å²) >= 11 is 1.63. The third-order valence-corrected chi connectivity index (χ3v) is 2.63. The van der Waals surface area contributed by atoms with Crippen molar-refractivity contribution < 1.29 is 0 Å². The Kier molecular flexibility index (Phi) is 2.41. The van der Waals surface area contributed by atoms with Gasteiger partial charge in [-0.1, -0.05) is 24.3 Å². The molecule has 0 unspecified atom stereocenters. The van der Waals surface area contributed by atoms with Crippen molar-refractivity contribution in [3.8, 4) is 0 Å². The summed E-state index contributed by atoms with van der Waals surface area (Å²) in [4.78, 5) is 3.94. The standard InChI is InChI=1S/C7H6.C4H5NS/c1-2-4-7-5-6(7)3-1;1-4-2-6-3-5-4/h1-4H,5H2;2-3H,1H3. The smallest absolute Gasteiger partial charge is 0.0794 e. The maximum atomic E-state index is 3.94. The van der Waals surface area contributed by atoms with Crippen LogP contribution in [-0.4, -0.2) is 4.98 Å². The molecule has 2 aromatic rings. The van der Waals surface area contributed by atoms with E-state index < -0.39 is 0 Å². The van der Waals surface area contributed by atoms with Crippen molar-refractivity contribution >= 4 is 11.3 Å². The first kappa shape index (κ1) is 8.45. The number of hydrogen-bond donors (Lipinski definition) is 0. The molecule has 1 aromatic carbocycles. The highest BCUT2D eigenvalue weighted by Crippen LogP contribution is 2.25. The number of aromatic nitrogens is 1. The molecule has 0 aliphatic heterocycles. The van der Waals surface area contributed by atoms with Crippen LogP contribution in [0, 0.1) is 6.92 Å². The number of rotatable bonds is 0. The van der Waals surface area contributed by atoms with Gasteiger partial charge in [0.1, 0.15) is 0 Å². The van der Waals surface area contributed by atoms with Crippen LogP contribution in [0.4, 0.5) is 0 Å². The second-order valence-electron chi connectivity index (χ2n) is 3.08. The Balaban J connectivity index is 0.000000102. The maximum Gasteiger partial charge on any atom is 0.0794 e. The molecule has 1 nitrogen and oxygen atoms in total. The number of nitrogens with zero attached hydrogens (tertiary/aromatic N) is 1. The Bertz CT molecular complexity index is 358. The minimum Gasteiger partial charge on any atom is -0.250 e. The molecule has 0 atom stereocenters. The third-order valence-electron chi connectivity index (χ3n) is 1.93. The lowest BCUT2D eigenvalue weighted by molar-refractivity contribution is 1.27. The van der Waals surface area contributed by atoms with Crippen LogP contribution in [0.25, 0.3) is 0 Å². The molecule has 66 valence electrons. The molecule has 0 saturated heterocycles. The number of benzene rings is 1. The number of fused-ring (bicyclic) bond motifs is 1. The molecule has 1 heterocycles.